The second-order valence-electron chi connectivity index (χ2n) is 3.96. The van der Waals surface area contributed by atoms with Gasteiger partial charge in [0.15, 0.2) is 0 Å². The summed E-state index contributed by atoms with van der Waals surface area (Å²) in [5.41, 5.74) is 1.40. The SMILES string of the molecule is O=C(O)Cc1cc(OCc2ccccc2)cc(Cl)n1. The van der Waals surface area contributed by atoms with Crippen LogP contribution in [0.4, 0.5) is 0 Å². The van der Waals surface area contributed by atoms with Crippen molar-refractivity contribution < 1.29 is 14.6 Å². The summed E-state index contributed by atoms with van der Waals surface area (Å²) in [6.07, 6.45) is -0.178. The van der Waals surface area contributed by atoms with Crippen molar-refractivity contribution in [3.63, 3.8) is 0 Å². The Bertz CT molecular complexity index is 572. The number of hydrogen-bond donors (Lipinski definition) is 1. The van der Waals surface area contributed by atoms with E-state index in [1.165, 1.54) is 0 Å². The molecule has 0 aliphatic carbocycles. The fraction of sp³-hybridized carbons (Fsp3) is 0.143. The molecule has 0 spiro atoms. The summed E-state index contributed by atoms with van der Waals surface area (Å²) in [6.45, 7) is 0.397. The Morgan fingerprint density at radius 3 is 2.68 bits per heavy atom. The number of rotatable bonds is 5. The van der Waals surface area contributed by atoms with E-state index in [9.17, 15) is 4.79 Å². The minimum absolute atomic E-state index is 0.178. The molecule has 2 aromatic rings. The van der Waals surface area contributed by atoms with E-state index >= 15 is 0 Å². The predicted molar refractivity (Wildman–Crippen MR) is 71.4 cm³/mol. The van der Waals surface area contributed by atoms with Crippen LogP contribution < -0.4 is 4.74 Å². The van der Waals surface area contributed by atoms with Gasteiger partial charge in [0, 0.05) is 12.1 Å². The zero-order valence-electron chi connectivity index (χ0n) is 10.0. The Kier molecular flexibility index (Phi) is 4.36. The number of carboxylic acids is 1. The molecule has 2 rings (SSSR count). The summed E-state index contributed by atoms with van der Waals surface area (Å²) >= 11 is 5.83. The molecule has 0 aliphatic heterocycles. The molecule has 0 saturated carbocycles. The maximum atomic E-state index is 10.6. The van der Waals surface area contributed by atoms with Gasteiger partial charge in [-0.05, 0) is 5.56 Å². The Balaban J connectivity index is 2.07. The monoisotopic (exact) mass is 277 g/mol. The van der Waals surface area contributed by atoms with Gasteiger partial charge in [-0.25, -0.2) is 4.98 Å². The molecule has 1 aromatic carbocycles. The van der Waals surface area contributed by atoms with Crippen LogP contribution in [0.5, 0.6) is 5.75 Å². The summed E-state index contributed by atoms with van der Waals surface area (Å²) < 4.78 is 5.58. The molecule has 0 unspecified atom stereocenters. The van der Waals surface area contributed by atoms with Crippen molar-refractivity contribution >= 4 is 17.6 Å². The van der Waals surface area contributed by atoms with Crippen LogP contribution in [0.2, 0.25) is 5.15 Å². The van der Waals surface area contributed by atoms with Crippen molar-refractivity contribution in [3.05, 3.63) is 58.9 Å². The molecule has 0 bridgehead atoms. The molecule has 5 heteroatoms. The van der Waals surface area contributed by atoms with E-state index in [-0.39, 0.29) is 11.6 Å². The van der Waals surface area contributed by atoms with Gasteiger partial charge in [-0.15, -0.1) is 0 Å². The lowest BCUT2D eigenvalue weighted by Crippen LogP contribution is -2.03. The average Bonchev–Trinajstić information content (AvgIpc) is 2.36. The molecule has 1 N–H and O–H groups in total. The Morgan fingerprint density at radius 1 is 1.26 bits per heavy atom. The zero-order valence-corrected chi connectivity index (χ0v) is 10.8. The minimum Gasteiger partial charge on any atom is -0.489 e. The number of hydrogen-bond acceptors (Lipinski definition) is 3. The first-order valence-corrected chi connectivity index (χ1v) is 6.06. The van der Waals surface area contributed by atoms with Crippen LogP contribution >= 0.6 is 11.6 Å². The second kappa shape index (κ2) is 6.20. The van der Waals surface area contributed by atoms with Crippen molar-refractivity contribution in [2.75, 3.05) is 0 Å². The Morgan fingerprint density at radius 2 is 2.00 bits per heavy atom. The topological polar surface area (TPSA) is 59.4 Å². The van der Waals surface area contributed by atoms with Crippen LogP contribution in [-0.2, 0) is 17.8 Å². The molecule has 4 nitrogen and oxygen atoms in total. The third kappa shape index (κ3) is 4.26. The molecule has 0 aliphatic rings. The molecule has 0 fully saturated rings. The fourth-order valence-corrected chi connectivity index (χ4v) is 1.81. The standard InChI is InChI=1S/C14H12ClNO3/c15-13-8-12(6-11(16-13)7-14(17)18)19-9-10-4-2-1-3-5-10/h1-6,8H,7,9H2,(H,17,18). The zero-order chi connectivity index (χ0) is 13.7. The molecule has 0 amide bonds. The number of ether oxygens (including phenoxy) is 1. The van der Waals surface area contributed by atoms with Gasteiger partial charge >= 0.3 is 5.97 Å². The van der Waals surface area contributed by atoms with Crippen molar-refractivity contribution in [1.82, 2.24) is 4.98 Å². The maximum Gasteiger partial charge on any atom is 0.309 e. The quantitative estimate of drug-likeness (QED) is 0.854. The fourth-order valence-electron chi connectivity index (χ4n) is 1.59. The number of aromatic nitrogens is 1. The maximum absolute atomic E-state index is 10.6. The van der Waals surface area contributed by atoms with Crippen molar-refractivity contribution in [2.45, 2.75) is 13.0 Å². The second-order valence-corrected chi connectivity index (χ2v) is 4.35. The number of nitrogens with zero attached hydrogens (tertiary/aromatic N) is 1. The first-order valence-electron chi connectivity index (χ1n) is 5.68. The van der Waals surface area contributed by atoms with Crippen LogP contribution in [0, 0.1) is 0 Å². The van der Waals surface area contributed by atoms with E-state index in [1.807, 2.05) is 30.3 Å². The third-order valence-electron chi connectivity index (χ3n) is 2.40. The number of pyridine rings is 1. The molecule has 1 aromatic heterocycles. The van der Waals surface area contributed by atoms with Gasteiger partial charge in [0.2, 0.25) is 0 Å². The lowest BCUT2D eigenvalue weighted by atomic mass is 10.2. The van der Waals surface area contributed by atoms with Crippen LogP contribution in [0.1, 0.15) is 11.3 Å². The number of carbonyl (C=O) groups is 1. The van der Waals surface area contributed by atoms with Gasteiger partial charge in [0.25, 0.3) is 0 Å². The normalized spacial score (nSPS) is 10.2. The number of benzene rings is 1. The van der Waals surface area contributed by atoms with Crippen LogP contribution in [0.25, 0.3) is 0 Å². The van der Waals surface area contributed by atoms with E-state index in [2.05, 4.69) is 4.98 Å². The molecule has 98 valence electrons. The van der Waals surface area contributed by atoms with E-state index in [0.29, 0.717) is 18.1 Å². The first kappa shape index (κ1) is 13.4. The highest BCUT2D eigenvalue weighted by molar-refractivity contribution is 6.29. The Hall–Kier alpha value is -2.07. The third-order valence-corrected chi connectivity index (χ3v) is 2.59. The Labute approximate surface area is 115 Å². The van der Waals surface area contributed by atoms with Crippen molar-refractivity contribution in [3.8, 4) is 5.75 Å². The van der Waals surface area contributed by atoms with Gasteiger partial charge in [-0.1, -0.05) is 41.9 Å². The molecule has 0 saturated heterocycles. The highest BCUT2D eigenvalue weighted by Crippen LogP contribution is 2.19. The molecule has 1 heterocycles. The highest BCUT2D eigenvalue weighted by atomic mass is 35.5. The van der Waals surface area contributed by atoms with Crippen LogP contribution in [-0.4, -0.2) is 16.1 Å². The summed E-state index contributed by atoms with van der Waals surface area (Å²) in [6, 6.07) is 12.8. The van der Waals surface area contributed by atoms with Gasteiger partial charge in [0.1, 0.15) is 17.5 Å². The summed E-state index contributed by atoms with van der Waals surface area (Å²) in [5, 5.41) is 8.96. The summed E-state index contributed by atoms with van der Waals surface area (Å²) in [5.74, 6) is -0.441. The van der Waals surface area contributed by atoms with Crippen LogP contribution in [0.15, 0.2) is 42.5 Å². The first-order chi connectivity index (χ1) is 9.13. The smallest absolute Gasteiger partial charge is 0.309 e. The minimum atomic E-state index is -0.955. The van der Waals surface area contributed by atoms with E-state index in [4.69, 9.17) is 21.4 Å². The number of aliphatic carboxylic acids is 1. The van der Waals surface area contributed by atoms with Crippen LogP contribution in [0.3, 0.4) is 0 Å². The largest absolute Gasteiger partial charge is 0.489 e. The summed E-state index contributed by atoms with van der Waals surface area (Å²) in [4.78, 5) is 14.6. The van der Waals surface area contributed by atoms with E-state index in [0.717, 1.165) is 5.56 Å². The number of halogens is 1. The van der Waals surface area contributed by atoms with E-state index in [1.54, 1.807) is 12.1 Å². The van der Waals surface area contributed by atoms with Crippen molar-refractivity contribution in [1.29, 1.82) is 0 Å². The molecular weight excluding hydrogens is 266 g/mol. The van der Waals surface area contributed by atoms with Gasteiger partial charge in [-0.2, -0.15) is 0 Å². The predicted octanol–water partition coefficient (Wildman–Crippen LogP) is 2.94. The van der Waals surface area contributed by atoms with E-state index < -0.39 is 5.97 Å². The highest BCUT2D eigenvalue weighted by Gasteiger charge is 2.06. The number of carboxylic acid groups (broad SMARTS) is 1. The lowest BCUT2D eigenvalue weighted by molar-refractivity contribution is -0.136. The van der Waals surface area contributed by atoms with Crippen molar-refractivity contribution in [2.24, 2.45) is 0 Å². The molecule has 19 heavy (non-hydrogen) atoms. The van der Waals surface area contributed by atoms with Gasteiger partial charge in [-0.3, -0.25) is 4.79 Å². The summed E-state index contributed by atoms with van der Waals surface area (Å²) in [7, 11) is 0. The van der Waals surface area contributed by atoms with Gasteiger partial charge < -0.3 is 9.84 Å². The molecular formula is C14H12ClNO3. The molecule has 0 atom stereocenters. The average molecular weight is 278 g/mol. The molecule has 0 radical (unpaired) electrons. The lowest BCUT2D eigenvalue weighted by Gasteiger charge is -2.08. The van der Waals surface area contributed by atoms with Gasteiger partial charge in [0.05, 0.1) is 12.1 Å².